The van der Waals surface area contributed by atoms with Crippen molar-refractivity contribution in [3.63, 3.8) is 0 Å². The number of halogens is 1. The van der Waals surface area contributed by atoms with Gasteiger partial charge in [-0.1, -0.05) is 0 Å². The Kier molecular flexibility index (Phi) is 3.35. The number of imidazole rings is 1. The van der Waals surface area contributed by atoms with Crippen LogP contribution in [0.3, 0.4) is 0 Å². The molecule has 4 heterocycles. The molecule has 0 spiro atoms. The molecule has 4 rings (SSSR count). The molecule has 3 aromatic rings. The van der Waals surface area contributed by atoms with E-state index in [1.54, 1.807) is 13.3 Å². The van der Waals surface area contributed by atoms with Crippen LogP contribution in [0.1, 0.15) is 23.1 Å². The summed E-state index contributed by atoms with van der Waals surface area (Å²) in [5, 5.41) is 0. The van der Waals surface area contributed by atoms with Gasteiger partial charge in [0.15, 0.2) is 0 Å². The lowest BCUT2D eigenvalue weighted by molar-refractivity contribution is 0.0633. The predicted molar refractivity (Wildman–Crippen MR) is 85.2 cm³/mol. The number of methoxy groups -OCH3 is 1. The molecule has 0 saturated carbocycles. The summed E-state index contributed by atoms with van der Waals surface area (Å²) in [6.45, 7) is 0.640. The Bertz CT molecular complexity index is 847. The van der Waals surface area contributed by atoms with Crippen molar-refractivity contribution < 1.29 is 9.47 Å². The van der Waals surface area contributed by atoms with Crippen molar-refractivity contribution >= 4 is 21.6 Å². The molecule has 0 aliphatic carbocycles. The molecule has 0 aromatic carbocycles. The third-order valence-corrected chi connectivity index (χ3v) is 4.31. The van der Waals surface area contributed by atoms with Gasteiger partial charge in [0.25, 0.3) is 0 Å². The lowest BCUT2D eigenvalue weighted by atomic mass is 10.0. The van der Waals surface area contributed by atoms with Crippen molar-refractivity contribution in [2.24, 2.45) is 0 Å². The van der Waals surface area contributed by atoms with Crippen molar-refractivity contribution in [2.75, 3.05) is 13.7 Å². The molecule has 0 bridgehead atoms. The molecule has 0 saturated heterocycles. The number of pyridine rings is 2. The second kappa shape index (κ2) is 5.37. The van der Waals surface area contributed by atoms with E-state index >= 15 is 0 Å². The molecule has 6 heteroatoms. The van der Waals surface area contributed by atoms with Gasteiger partial charge in [-0.05, 0) is 40.2 Å². The lowest BCUT2D eigenvalue weighted by Crippen LogP contribution is -2.19. The Morgan fingerprint density at radius 1 is 1.36 bits per heavy atom. The van der Waals surface area contributed by atoms with Crippen molar-refractivity contribution in [3.05, 3.63) is 58.1 Å². The summed E-state index contributed by atoms with van der Waals surface area (Å²) in [6.07, 6.45) is 4.33. The maximum absolute atomic E-state index is 6.04. The average molecular weight is 360 g/mol. The van der Waals surface area contributed by atoms with Gasteiger partial charge in [0.2, 0.25) is 5.88 Å². The van der Waals surface area contributed by atoms with Crippen molar-refractivity contribution in [1.29, 1.82) is 0 Å². The largest absolute Gasteiger partial charge is 0.481 e. The maximum Gasteiger partial charge on any atom is 0.219 e. The molecule has 0 N–H and O–H groups in total. The number of hydrogen-bond donors (Lipinski definition) is 0. The number of ether oxygens (including phenoxy) is 2. The van der Waals surface area contributed by atoms with E-state index in [4.69, 9.17) is 14.5 Å². The van der Waals surface area contributed by atoms with Crippen molar-refractivity contribution in [3.8, 4) is 5.88 Å². The highest BCUT2D eigenvalue weighted by atomic mass is 79.9. The monoisotopic (exact) mass is 359 g/mol. The summed E-state index contributed by atoms with van der Waals surface area (Å²) in [4.78, 5) is 9.01. The van der Waals surface area contributed by atoms with Gasteiger partial charge < -0.3 is 9.47 Å². The molecule has 5 nitrogen and oxygen atoms in total. The fourth-order valence-electron chi connectivity index (χ4n) is 2.91. The number of nitrogens with zero attached hydrogens (tertiary/aromatic N) is 3. The fourth-order valence-corrected chi connectivity index (χ4v) is 3.25. The van der Waals surface area contributed by atoms with Crippen LogP contribution >= 0.6 is 15.9 Å². The van der Waals surface area contributed by atoms with Gasteiger partial charge in [-0.2, -0.15) is 0 Å². The van der Waals surface area contributed by atoms with Crippen LogP contribution in [-0.2, 0) is 11.2 Å². The topological polar surface area (TPSA) is 48.7 Å². The van der Waals surface area contributed by atoms with Crippen LogP contribution in [0.25, 0.3) is 5.65 Å². The molecule has 3 aromatic heterocycles. The minimum Gasteiger partial charge on any atom is -0.481 e. The van der Waals surface area contributed by atoms with E-state index in [-0.39, 0.29) is 6.10 Å². The van der Waals surface area contributed by atoms with Gasteiger partial charge in [0.05, 0.1) is 25.1 Å². The van der Waals surface area contributed by atoms with E-state index in [1.165, 1.54) is 0 Å². The Labute approximate surface area is 136 Å². The minimum atomic E-state index is -0.225. The normalized spacial score (nSPS) is 17.5. The zero-order valence-electron chi connectivity index (χ0n) is 12.0. The first-order chi connectivity index (χ1) is 10.8. The lowest BCUT2D eigenvalue weighted by Gasteiger charge is -2.24. The van der Waals surface area contributed by atoms with E-state index in [2.05, 4.69) is 25.3 Å². The SMILES string of the molecule is COc1ncccc1C1OCCc2nc3ccc(Br)cn3c21. The van der Waals surface area contributed by atoms with Gasteiger partial charge >= 0.3 is 0 Å². The quantitative estimate of drug-likeness (QED) is 0.705. The predicted octanol–water partition coefficient (Wildman–Crippen LogP) is 3.16. The molecule has 0 radical (unpaired) electrons. The number of hydrogen-bond acceptors (Lipinski definition) is 4. The van der Waals surface area contributed by atoms with Crippen molar-refractivity contribution in [1.82, 2.24) is 14.4 Å². The molecular formula is C16H14BrN3O2. The standard InChI is InChI=1S/C16H14BrN3O2/c1-21-16-11(3-2-7-18-16)15-14-12(6-8-22-15)19-13-5-4-10(17)9-20(13)14/h2-5,7,9,15H,6,8H2,1H3. The van der Waals surface area contributed by atoms with Crippen LogP contribution in [0.15, 0.2) is 41.1 Å². The summed E-state index contributed by atoms with van der Waals surface area (Å²) in [7, 11) is 1.63. The molecule has 1 atom stereocenters. The number of aromatic nitrogens is 3. The van der Waals surface area contributed by atoms with Crippen LogP contribution in [0, 0.1) is 0 Å². The molecular weight excluding hydrogens is 346 g/mol. The fraction of sp³-hybridized carbons (Fsp3) is 0.250. The van der Waals surface area contributed by atoms with E-state index in [0.29, 0.717) is 12.5 Å². The van der Waals surface area contributed by atoms with E-state index in [9.17, 15) is 0 Å². The second-order valence-electron chi connectivity index (χ2n) is 5.12. The smallest absolute Gasteiger partial charge is 0.219 e. The van der Waals surface area contributed by atoms with Gasteiger partial charge in [0, 0.05) is 28.9 Å². The molecule has 1 aliphatic rings. The number of fused-ring (bicyclic) bond motifs is 3. The summed E-state index contributed by atoms with van der Waals surface area (Å²) < 4.78 is 14.5. The minimum absolute atomic E-state index is 0.225. The van der Waals surface area contributed by atoms with E-state index in [1.807, 2.05) is 30.5 Å². The van der Waals surface area contributed by atoms with Gasteiger partial charge in [-0.15, -0.1) is 0 Å². The zero-order chi connectivity index (χ0) is 15.1. The average Bonchev–Trinajstić information content (AvgIpc) is 2.92. The van der Waals surface area contributed by atoms with Crippen LogP contribution in [-0.4, -0.2) is 28.1 Å². The highest BCUT2D eigenvalue weighted by Crippen LogP contribution is 2.36. The highest BCUT2D eigenvalue weighted by Gasteiger charge is 2.30. The molecule has 0 amide bonds. The molecule has 1 aliphatic heterocycles. The molecule has 112 valence electrons. The third-order valence-electron chi connectivity index (χ3n) is 3.84. The van der Waals surface area contributed by atoms with Crippen LogP contribution in [0.5, 0.6) is 5.88 Å². The molecule has 22 heavy (non-hydrogen) atoms. The zero-order valence-corrected chi connectivity index (χ0v) is 13.6. The first-order valence-electron chi connectivity index (χ1n) is 7.05. The van der Waals surface area contributed by atoms with Crippen molar-refractivity contribution in [2.45, 2.75) is 12.5 Å². The van der Waals surface area contributed by atoms with Gasteiger partial charge in [0.1, 0.15) is 11.8 Å². The Morgan fingerprint density at radius 3 is 3.14 bits per heavy atom. The summed E-state index contributed by atoms with van der Waals surface area (Å²) in [5.41, 5.74) is 3.97. The Balaban J connectivity index is 1.95. The van der Waals surface area contributed by atoms with Crippen LogP contribution < -0.4 is 4.74 Å². The van der Waals surface area contributed by atoms with Crippen LogP contribution in [0.4, 0.5) is 0 Å². The summed E-state index contributed by atoms with van der Waals surface area (Å²) >= 11 is 3.52. The first-order valence-corrected chi connectivity index (χ1v) is 7.84. The van der Waals surface area contributed by atoms with E-state index in [0.717, 1.165) is 33.5 Å². The van der Waals surface area contributed by atoms with Gasteiger partial charge in [-0.25, -0.2) is 9.97 Å². The van der Waals surface area contributed by atoms with Gasteiger partial charge in [-0.3, -0.25) is 4.40 Å². The Hall–Kier alpha value is -1.92. The number of rotatable bonds is 2. The molecule has 1 unspecified atom stereocenters. The first kappa shape index (κ1) is 13.7. The second-order valence-corrected chi connectivity index (χ2v) is 6.04. The summed E-state index contributed by atoms with van der Waals surface area (Å²) in [6, 6.07) is 7.88. The summed E-state index contributed by atoms with van der Waals surface area (Å²) in [5.74, 6) is 0.588. The van der Waals surface area contributed by atoms with E-state index < -0.39 is 0 Å². The molecule has 0 fully saturated rings. The Morgan fingerprint density at radius 2 is 2.27 bits per heavy atom. The third kappa shape index (κ3) is 2.10. The maximum atomic E-state index is 6.04. The van der Waals surface area contributed by atoms with Crippen LogP contribution in [0.2, 0.25) is 0 Å². The highest BCUT2D eigenvalue weighted by molar-refractivity contribution is 9.10.